The van der Waals surface area contributed by atoms with Gasteiger partial charge in [-0.1, -0.05) is 36.2 Å². The summed E-state index contributed by atoms with van der Waals surface area (Å²) in [5, 5.41) is 3.78. The van der Waals surface area contributed by atoms with Crippen LogP contribution in [0.4, 0.5) is 5.69 Å². The summed E-state index contributed by atoms with van der Waals surface area (Å²) in [6, 6.07) is 4.45. The Morgan fingerprint density at radius 1 is 1.10 bits per heavy atom. The summed E-state index contributed by atoms with van der Waals surface area (Å²) in [6.07, 6.45) is 6.12. The Bertz CT molecular complexity index is 487. The second-order valence-corrected chi connectivity index (χ2v) is 8.34. The highest BCUT2D eigenvalue weighted by atomic mass is 79.9. The number of hydrogen-bond acceptors (Lipinski definition) is 2. The summed E-state index contributed by atoms with van der Waals surface area (Å²) >= 11 is 3.64. The zero-order valence-corrected chi connectivity index (χ0v) is 15.4. The van der Waals surface area contributed by atoms with Gasteiger partial charge in [0.25, 0.3) is 0 Å². The SMILES string of the molecule is Cc1cc(NC2(CN)CCCC(C)(C)CC2)cc(C)c1Br. The summed E-state index contributed by atoms with van der Waals surface area (Å²) in [6.45, 7) is 9.76. The van der Waals surface area contributed by atoms with Gasteiger partial charge in [0.15, 0.2) is 0 Å². The molecule has 0 heterocycles. The molecule has 0 saturated heterocycles. The highest BCUT2D eigenvalue weighted by Gasteiger charge is 2.34. The lowest BCUT2D eigenvalue weighted by atomic mass is 9.83. The standard InChI is InChI=1S/C18H29BrN2/c1-13-10-15(11-14(2)16(13)19)21-18(12-20)7-5-6-17(3,4)8-9-18/h10-11,21H,5-9,12,20H2,1-4H3. The maximum atomic E-state index is 6.18. The zero-order valence-electron chi connectivity index (χ0n) is 13.9. The van der Waals surface area contributed by atoms with Crippen LogP contribution in [-0.4, -0.2) is 12.1 Å². The molecule has 1 fully saturated rings. The Balaban J connectivity index is 2.22. The first-order valence-electron chi connectivity index (χ1n) is 8.02. The molecule has 1 aromatic carbocycles. The normalized spacial score (nSPS) is 25.4. The van der Waals surface area contributed by atoms with Gasteiger partial charge in [-0.25, -0.2) is 0 Å². The third-order valence-electron chi connectivity index (χ3n) is 5.03. The molecule has 1 unspecified atom stereocenters. The van der Waals surface area contributed by atoms with Gasteiger partial charge in [-0.3, -0.25) is 0 Å². The van der Waals surface area contributed by atoms with Gasteiger partial charge < -0.3 is 11.1 Å². The van der Waals surface area contributed by atoms with E-state index in [2.05, 4.69) is 61.1 Å². The minimum atomic E-state index is 0.0560. The van der Waals surface area contributed by atoms with E-state index in [4.69, 9.17) is 5.73 Å². The van der Waals surface area contributed by atoms with Crippen LogP contribution in [0.1, 0.15) is 57.1 Å². The van der Waals surface area contributed by atoms with Crippen LogP contribution in [0.2, 0.25) is 0 Å². The molecule has 1 aromatic rings. The Labute approximate surface area is 138 Å². The molecular formula is C18H29BrN2. The van der Waals surface area contributed by atoms with Crippen molar-refractivity contribution in [3.8, 4) is 0 Å². The van der Waals surface area contributed by atoms with Gasteiger partial charge in [0, 0.05) is 22.2 Å². The number of aryl methyl sites for hydroxylation is 2. The quantitative estimate of drug-likeness (QED) is 0.736. The average Bonchev–Trinajstić information content (AvgIpc) is 2.56. The van der Waals surface area contributed by atoms with E-state index >= 15 is 0 Å². The summed E-state index contributed by atoms with van der Waals surface area (Å²) < 4.78 is 1.21. The molecule has 2 rings (SSSR count). The van der Waals surface area contributed by atoms with Crippen molar-refractivity contribution in [2.24, 2.45) is 11.1 Å². The molecule has 0 amide bonds. The summed E-state index contributed by atoms with van der Waals surface area (Å²) in [5.74, 6) is 0. The molecule has 0 bridgehead atoms. The van der Waals surface area contributed by atoms with E-state index in [1.165, 1.54) is 47.0 Å². The molecule has 1 aliphatic rings. The Morgan fingerprint density at radius 3 is 2.29 bits per heavy atom. The predicted octanol–water partition coefficient (Wildman–Crippen LogP) is 5.17. The number of benzene rings is 1. The highest BCUT2D eigenvalue weighted by Crippen LogP contribution is 2.39. The molecule has 0 aromatic heterocycles. The molecule has 3 heteroatoms. The fourth-order valence-electron chi connectivity index (χ4n) is 3.44. The number of halogens is 1. The van der Waals surface area contributed by atoms with Crippen molar-refractivity contribution in [1.29, 1.82) is 0 Å². The Morgan fingerprint density at radius 2 is 1.71 bits per heavy atom. The van der Waals surface area contributed by atoms with E-state index in [1.807, 2.05) is 0 Å². The van der Waals surface area contributed by atoms with Crippen molar-refractivity contribution in [3.05, 3.63) is 27.7 Å². The van der Waals surface area contributed by atoms with E-state index in [0.29, 0.717) is 12.0 Å². The van der Waals surface area contributed by atoms with E-state index in [-0.39, 0.29) is 5.54 Å². The summed E-state index contributed by atoms with van der Waals surface area (Å²) in [5.41, 5.74) is 10.4. The van der Waals surface area contributed by atoms with Crippen LogP contribution in [0.3, 0.4) is 0 Å². The van der Waals surface area contributed by atoms with Crippen LogP contribution in [0.15, 0.2) is 16.6 Å². The van der Waals surface area contributed by atoms with E-state index < -0.39 is 0 Å². The van der Waals surface area contributed by atoms with Crippen LogP contribution in [-0.2, 0) is 0 Å². The number of nitrogens with one attached hydrogen (secondary N) is 1. The molecule has 1 atom stereocenters. The molecule has 21 heavy (non-hydrogen) atoms. The van der Waals surface area contributed by atoms with Crippen molar-refractivity contribution in [2.45, 2.75) is 65.3 Å². The minimum Gasteiger partial charge on any atom is -0.378 e. The van der Waals surface area contributed by atoms with Crippen molar-refractivity contribution in [1.82, 2.24) is 0 Å². The van der Waals surface area contributed by atoms with Gasteiger partial charge in [-0.05, 0) is 68.2 Å². The van der Waals surface area contributed by atoms with Crippen LogP contribution in [0.25, 0.3) is 0 Å². The Hall–Kier alpha value is -0.540. The maximum Gasteiger partial charge on any atom is 0.0495 e. The molecule has 0 spiro atoms. The fourth-order valence-corrected chi connectivity index (χ4v) is 3.67. The first kappa shape index (κ1) is 16.8. The van der Waals surface area contributed by atoms with Gasteiger partial charge in [-0.2, -0.15) is 0 Å². The Kier molecular flexibility index (Phi) is 5.04. The summed E-state index contributed by atoms with van der Waals surface area (Å²) in [7, 11) is 0. The van der Waals surface area contributed by atoms with E-state index in [1.54, 1.807) is 0 Å². The van der Waals surface area contributed by atoms with Gasteiger partial charge >= 0.3 is 0 Å². The smallest absolute Gasteiger partial charge is 0.0495 e. The third kappa shape index (κ3) is 4.01. The molecule has 1 aliphatic carbocycles. The first-order valence-corrected chi connectivity index (χ1v) is 8.81. The van der Waals surface area contributed by atoms with E-state index in [0.717, 1.165) is 6.42 Å². The van der Waals surface area contributed by atoms with Crippen molar-refractivity contribution < 1.29 is 0 Å². The first-order chi connectivity index (χ1) is 9.77. The van der Waals surface area contributed by atoms with Crippen molar-refractivity contribution >= 4 is 21.6 Å². The highest BCUT2D eigenvalue weighted by molar-refractivity contribution is 9.10. The van der Waals surface area contributed by atoms with Gasteiger partial charge in [0.05, 0.1) is 0 Å². The predicted molar refractivity (Wildman–Crippen MR) is 95.9 cm³/mol. The second-order valence-electron chi connectivity index (χ2n) is 7.55. The van der Waals surface area contributed by atoms with Crippen LogP contribution < -0.4 is 11.1 Å². The molecule has 3 N–H and O–H groups in total. The van der Waals surface area contributed by atoms with E-state index in [9.17, 15) is 0 Å². The fraction of sp³-hybridized carbons (Fsp3) is 0.667. The number of anilines is 1. The number of rotatable bonds is 3. The molecule has 1 saturated carbocycles. The molecular weight excluding hydrogens is 324 g/mol. The molecule has 0 radical (unpaired) electrons. The van der Waals surface area contributed by atoms with Crippen LogP contribution in [0, 0.1) is 19.3 Å². The third-order valence-corrected chi connectivity index (χ3v) is 6.28. The van der Waals surface area contributed by atoms with Crippen LogP contribution >= 0.6 is 15.9 Å². The van der Waals surface area contributed by atoms with Gasteiger partial charge in [0.2, 0.25) is 0 Å². The van der Waals surface area contributed by atoms with Crippen molar-refractivity contribution in [3.63, 3.8) is 0 Å². The monoisotopic (exact) mass is 352 g/mol. The topological polar surface area (TPSA) is 38.0 Å². The average molecular weight is 353 g/mol. The lowest BCUT2D eigenvalue weighted by Crippen LogP contribution is -2.45. The van der Waals surface area contributed by atoms with Gasteiger partial charge in [0.1, 0.15) is 0 Å². The lowest BCUT2D eigenvalue weighted by molar-refractivity contribution is 0.305. The van der Waals surface area contributed by atoms with Crippen molar-refractivity contribution in [2.75, 3.05) is 11.9 Å². The number of hydrogen-bond donors (Lipinski definition) is 2. The van der Waals surface area contributed by atoms with Gasteiger partial charge in [-0.15, -0.1) is 0 Å². The molecule has 118 valence electrons. The molecule has 0 aliphatic heterocycles. The second kappa shape index (κ2) is 6.29. The largest absolute Gasteiger partial charge is 0.378 e. The maximum absolute atomic E-state index is 6.18. The molecule has 2 nitrogen and oxygen atoms in total. The number of nitrogens with two attached hydrogens (primary N) is 1. The lowest BCUT2D eigenvalue weighted by Gasteiger charge is -2.35. The van der Waals surface area contributed by atoms with Crippen LogP contribution in [0.5, 0.6) is 0 Å². The summed E-state index contributed by atoms with van der Waals surface area (Å²) in [4.78, 5) is 0. The minimum absolute atomic E-state index is 0.0560. The zero-order chi connectivity index (χ0) is 15.7.